The quantitative estimate of drug-likeness (QED) is 0.880. The second-order valence-electron chi connectivity index (χ2n) is 4.88. The lowest BCUT2D eigenvalue weighted by Gasteiger charge is -2.17. The van der Waals surface area contributed by atoms with E-state index in [2.05, 4.69) is 10.4 Å². The van der Waals surface area contributed by atoms with Crippen molar-refractivity contribution >= 4 is 0 Å². The lowest BCUT2D eigenvalue weighted by atomic mass is 10.0. The number of nitrogens with zero attached hydrogens (tertiary/aromatic N) is 2. The molecule has 0 aliphatic carbocycles. The molecule has 0 aliphatic heterocycles. The number of rotatable bonds is 6. The maximum absolute atomic E-state index is 13.7. The summed E-state index contributed by atoms with van der Waals surface area (Å²) in [5, 5.41) is 7.65. The summed E-state index contributed by atoms with van der Waals surface area (Å²) < 4.78 is 28.4. The highest BCUT2D eigenvalue weighted by Gasteiger charge is 2.14. The Morgan fingerprint density at radius 1 is 1.25 bits per heavy atom. The van der Waals surface area contributed by atoms with Gasteiger partial charge in [0, 0.05) is 31.8 Å². The fraction of sp³-hybridized carbons (Fsp3) is 0.400. The molecular formula is C15H19F2N3. The summed E-state index contributed by atoms with van der Waals surface area (Å²) in [5.41, 5.74) is 1.48. The predicted molar refractivity (Wildman–Crippen MR) is 74.4 cm³/mol. The fourth-order valence-corrected chi connectivity index (χ4v) is 2.28. The molecule has 20 heavy (non-hydrogen) atoms. The van der Waals surface area contributed by atoms with Gasteiger partial charge in [0.05, 0.1) is 5.69 Å². The van der Waals surface area contributed by atoms with Gasteiger partial charge in [-0.1, -0.05) is 13.0 Å². The lowest BCUT2D eigenvalue weighted by Crippen LogP contribution is -2.33. The molecule has 1 atom stereocenters. The molecule has 0 saturated carbocycles. The zero-order valence-corrected chi connectivity index (χ0v) is 11.7. The number of aromatic nitrogens is 2. The molecule has 0 amide bonds. The van der Waals surface area contributed by atoms with Crippen LogP contribution in [0, 0.1) is 11.6 Å². The van der Waals surface area contributed by atoms with Gasteiger partial charge in [0.25, 0.3) is 0 Å². The summed E-state index contributed by atoms with van der Waals surface area (Å²) in [4.78, 5) is 0. The van der Waals surface area contributed by atoms with Crippen LogP contribution in [0.5, 0.6) is 0 Å². The molecule has 0 saturated heterocycles. The summed E-state index contributed by atoms with van der Waals surface area (Å²) in [7, 11) is 1.87. The largest absolute Gasteiger partial charge is 0.314 e. The average Bonchev–Trinajstić information content (AvgIpc) is 2.78. The number of halogens is 2. The standard InChI is InChI=1S/C15H19F2N3/c1-3-18-14(10-13-6-7-20(2)19-13)8-11-4-5-12(16)9-15(11)17/h4-7,9,14,18H,3,8,10H2,1-2H3. The summed E-state index contributed by atoms with van der Waals surface area (Å²) in [6.07, 6.45) is 3.11. The van der Waals surface area contributed by atoms with Gasteiger partial charge in [-0.25, -0.2) is 8.78 Å². The van der Waals surface area contributed by atoms with Gasteiger partial charge in [0.15, 0.2) is 0 Å². The van der Waals surface area contributed by atoms with Crippen LogP contribution in [-0.4, -0.2) is 22.4 Å². The van der Waals surface area contributed by atoms with Crippen LogP contribution in [0.4, 0.5) is 8.78 Å². The highest BCUT2D eigenvalue weighted by molar-refractivity contribution is 5.20. The Bertz CT molecular complexity index is 566. The van der Waals surface area contributed by atoms with Crippen LogP contribution < -0.4 is 5.32 Å². The van der Waals surface area contributed by atoms with Crippen molar-refractivity contribution in [1.29, 1.82) is 0 Å². The van der Waals surface area contributed by atoms with E-state index in [-0.39, 0.29) is 6.04 Å². The number of nitrogens with one attached hydrogen (secondary N) is 1. The van der Waals surface area contributed by atoms with Crippen molar-refractivity contribution < 1.29 is 8.78 Å². The van der Waals surface area contributed by atoms with E-state index in [1.54, 1.807) is 4.68 Å². The van der Waals surface area contributed by atoms with Crippen molar-refractivity contribution in [3.8, 4) is 0 Å². The third-order valence-electron chi connectivity index (χ3n) is 3.20. The van der Waals surface area contributed by atoms with Crippen molar-refractivity contribution in [2.24, 2.45) is 7.05 Å². The van der Waals surface area contributed by atoms with E-state index in [0.717, 1.165) is 18.3 Å². The predicted octanol–water partition coefficient (Wildman–Crippen LogP) is 2.46. The SMILES string of the molecule is CCNC(Cc1ccn(C)n1)Cc1ccc(F)cc1F. The van der Waals surface area contributed by atoms with Gasteiger partial charge in [-0.3, -0.25) is 4.68 Å². The molecule has 2 aromatic rings. The van der Waals surface area contributed by atoms with Crippen LogP contribution in [0.2, 0.25) is 0 Å². The van der Waals surface area contributed by atoms with Gasteiger partial charge in [0.1, 0.15) is 11.6 Å². The maximum atomic E-state index is 13.7. The molecule has 1 N–H and O–H groups in total. The van der Waals surface area contributed by atoms with Crippen LogP contribution in [0.25, 0.3) is 0 Å². The number of hydrogen-bond donors (Lipinski definition) is 1. The van der Waals surface area contributed by atoms with Crippen LogP contribution in [0.15, 0.2) is 30.5 Å². The molecule has 108 valence electrons. The molecule has 1 unspecified atom stereocenters. The van der Waals surface area contributed by atoms with Crippen molar-refractivity contribution in [3.05, 3.63) is 53.4 Å². The Kier molecular flexibility index (Phi) is 4.84. The van der Waals surface area contributed by atoms with E-state index in [9.17, 15) is 8.78 Å². The zero-order chi connectivity index (χ0) is 14.5. The first-order valence-corrected chi connectivity index (χ1v) is 6.74. The lowest BCUT2D eigenvalue weighted by molar-refractivity contribution is 0.496. The first-order valence-electron chi connectivity index (χ1n) is 6.74. The normalized spacial score (nSPS) is 12.6. The van der Waals surface area contributed by atoms with Crippen molar-refractivity contribution in [3.63, 3.8) is 0 Å². The van der Waals surface area contributed by atoms with Crippen molar-refractivity contribution in [2.45, 2.75) is 25.8 Å². The van der Waals surface area contributed by atoms with E-state index in [1.165, 1.54) is 12.1 Å². The Morgan fingerprint density at radius 3 is 2.65 bits per heavy atom. The molecule has 1 heterocycles. The minimum Gasteiger partial charge on any atom is -0.314 e. The Labute approximate surface area is 117 Å². The molecule has 1 aromatic heterocycles. The second-order valence-corrected chi connectivity index (χ2v) is 4.88. The summed E-state index contributed by atoms with van der Waals surface area (Å²) in [6.45, 7) is 2.80. The number of benzene rings is 1. The molecule has 0 aliphatic rings. The van der Waals surface area contributed by atoms with Gasteiger partial charge < -0.3 is 5.32 Å². The van der Waals surface area contributed by atoms with Crippen LogP contribution in [0.3, 0.4) is 0 Å². The number of hydrogen-bond acceptors (Lipinski definition) is 2. The highest BCUT2D eigenvalue weighted by Crippen LogP contribution is 2.13. The Balaban J connectivity index is 2.08. The summed E-state index contributed by atoms with van der Waals surface area (Å²) >= 11 is 0. The Hall–Kier alpha value is -1.75. The molecule has 0 fully saturated rings. The minimum atomic E-state index is -0.545. The van der Waals surface area contributed by atoms with Gasteiger partial charge in [0.2, 0.25) is 0 Å². The van der Waals surface area contributed by atoms with Crippen LogP contribution in [-0.2, 0) is 19.9 Å². The van der Waals surface area contributed by atoms with E-state index >= 15 is 0 Å². The average molecular weight is 279 g/mol. The first kappa shape index (κ1) is 14.7. The van der Waals surface area contributed by atoms with Gasteiger partial charge >= 0.3 is 0 Å². The monoisotopic (exact) mass is 279 g/mol. The van der Waals surface area contributed by atoms with Crippen molar-refractivity contribution in [1.82, 2.24) is 15.1 Å². The van der Waals surface area contributed by atoms with Gasteiger partial charge in [-0.15, -0.1) is 0 Å². The maximum Gasteiger partial charge on any atom is 0.129 e. The number of aryl methyl sites for hydroxylation is 1. The van der Waals surface area contributed by atoms with Crippen LogP contribution in [0.1, 0.15) is 18.2 Å². The highest BCUT2D eigenvalue weighted by atomic mass is 19.1. The summed E-state index contributed by atoms with van der Waals surface area (Å²) in [5.74, 6) is -1.04. The van der Waals surface area contributed by atoms with E-state index in [1.807, 2.05) is 26.2 Å². The fourth-order valence-electron chi connectivity index (χ4n) is 2.28. The van der Waals surface area contributed by atoms with E-state index in [4.69, 9.17) is 0 Å². The molecular weight excluding hydrogens is 260 g/mol. The second kappa shape index (κ2) is 6.61. The smallest absolute Gasteiger partial charge is 0.129 e. The zero-order valence-electron chi connectivity index (χ0n) is 11.7. The molecule has 0 bridgehead atoms. The molecule has 2 rings (SSSR count). The summed E-state index contributed by atoms with van der Waals surface area (Å²) in [6, 6.07) is 5.76. The molecule has 0 radical (unpaired) electrons. The topological polar surface area (TPSA) is 29.9 Å². The minimum absolute atomic E-state index is 0.0786. The molecule has 0 spiro atoms. The first-order chi connectivity index (χ1) is 9.58. The van der Waals surface area contributed by atoms with E-state index in [0.29, 0.717) is 18.4 Å². The van der Waals surface area contributed by atoms with E-state index < -0.39 is 11.6 Å². The van der Waals surface area contributed by atoms with Crippen molar-refractivity contribution in [2.75, 3.05) is 6.54 Å². The van der Waals surface area contributed by atoms with Crippen LogP contribution >= 0.6 is 0 Å². The third-order valence-corrected chi connectivity index (χ3v) is 3.20. The molecule has 3 nitrogen and oxygen atoms in total. The Morgan fingerprint density at radius 2 is 2.05 bits per heavy atom. The molecule has 1 aromatic carbocycles. The van der Waals surface area contributed by atoms with Gasteiger partial charge in [-0.2, -0.15) is 5.10 Å². The van der Waals surface area contributed by atoms with Gasteiger partial charge in [-0.05, 0) is 30.7 Å². The molecule has 5 heteroatoms. The number of likely N-dealkylation sites (N-methyl/N-ethyl adjacent to an activating group) is 1. The third kappa shape index (κ3) is 3.87.